The smallest absolute Gasteiger partial charge is 0.149 e. The van der Waals surface area contributed by atoms with Crippen LogP contribution in [0.2, 0.25) is 0 Å². The minimum absolute atomic E-state index is 0.595. The average molecular weight is 240 g/mol. The molecule has 2 aromatic heterocycles. The predicted octanol–water partition coefficient (Wildman–Crippen LogP) is 2.77. The zero-order valence-electron chi connectivity index (χ0n) is 10.8. The Kier molecular flexibility index (Phi) is 2.20. The highest BCUT2D eigenvalue weighted by atomic mass is 15.3. The third-order valence-corrected chi connectivity index (χ3v) is 3.45. The van der Waals surface area contributed by atoms with Crippen LogP contribution in [0.25, 0.3) is 22.2 Å². The Morgan fingerprint density at radius 2 is 1.94 bits per heavy atom. The lowest BCUT2D eigenvalue weighted by atomic mass is 10.0. The Hall–Kier alpha value is -2.23. The number of H-pyrrole nitrogens is 1. The number of hydrogen-bond acceptors (Lipinski definition) is 2. The van der Waals surface area contributed by atoms with Crippen LogP contribution in [0.4, 0.5) is 5.82 Å². The summed E-state index contributed by atoms with van der Waals surface area (Å²) >= 11 is 0. The fraction of sp³-hybridized carbons (Fsp3) is 0.214. The normalized spacial score (nSPS) is 11.3. The molecule has 0 saturated heterocycles. The molecule has 0 radical (unpaired) electrons. The maximum atomic E-state index is 5.90. The van der Waals surface area contributed by atoms with Gasteiger partial charge in [0.1, 0.15) is 5.82 Å². The number of para-hydroxylation sites is 1. The molecule has 4 nitrogen and oxygen atoms in total. The van der Waals surface area contributed by atoms with Crippen LogP contribution < -0.4 is 5.73 Å². The number of rotatable bonds is 1. The van der Waals surface area contributed by atoms with E-state index in [0.717, 1.165) is 22.5 Å². The summed E-state index contributed by atoms with van der Waals surface area (Å²) in [6.07, 6.45) is 0. The molecule has 3 aromatic rings. The quantitative estimate of drug-likeness (QED) is 0.687. The number of aryl methyl sites for hydroxylation is 2. The van der Waals surface area contributed by atoms with Crippen molar-refractivity contribution in [2.45, 2.75) is 13.8 Å². The van der Waals surface area contributed by atoms with Gasteiger partial charge in [-0.3, -0.25) is 4.68 Å². The topological polar surface area (TPSA) is 59.6 Å². The van der Waals surface area contributed by atoms with Crippen molar-refractivity contribution < 1.29 is 0 Å². The standard InChI is InChI=1S/C14H16N4/c1-8-13(18(3)17-14(8)15)12-9(2)16-11-7-5-4-6-10(11)12/h4-7,16H,1-3H3,(H2,15,17). The van der Waals surface area contributed by atoms with Crippen LogP contribution in [0.15, 0.2) is 24.3 Å². The number of nitrogens with zero attached hydrogens (tertiary/aromatic N) is 2. The molecular weight excluding hydrogens is 224 g/mol. The van der Waals surface area contributed by atoms with Crippen molar-refractivity contribution in [1.29, 1.82) is 0 Å². The summed E-state index contributed by atoms with van der Waals surface area (Å²) in [5.74, 6) is 0.595. The summed E-state index contributed by atoms with van der Waals surface area (Å²) in [5, 5.41) is 5.50. The van der Waals surface area contributed by atoms with Crippen LogP contribution in [-0.4, -0.2) is 14.8 Å². The maximum Gasteiger partial charge on any atom is 0.149 e. The predicted molar refractivity (Wildman–Crippen MR) is 74.4 cm³/mol. The number of aromatic nitrogens is 3. The molecule has 3 N–H and O–H groups in total. The van der Waals surface area contributed by atoms with Gasteiger partial charge >= 0.3 is 0 Å². The van der Waals surface area contributed by atoms with E-state index in [2.05, 4.69) is 29.1 Å². The Labute approximate surface area is 105 Å². The Bertz CT molecular complexity index is 734. The first-order valence-electron chi connectivity index (χ1n) is 5.96. The molecule has 0 bridgehead atoms. The van der Waals surface area contributed by atoms with E-state index in [-0.39, 0.29) is 0 Å². The SMILES string of the molecule is Cc1[nH]c2ccccc2c1-c1c(C)c(N)nn1C. The van der Waals surface area contributed by atoms with Crippen molar-refractivity contribution in [2.24, 2.45) is 7.05 Å². The molecular formula is C14H16N4. The molecule has 2 heterocycles. The minimum Gasteiger partial charge on any atom is -0.382 e. The van der Waals surface area contributed by atoms with E-state index in [9.17, 15) is 0 Å². The first-order valence-corrected chi connectivity index (χ1v) is 5.96. The first kappa shape index (κ1) is 10.9. The van der Waals surface area contributed by atoms with E-state index >= 15 is 0 Å². The third kappa shape index (κ3) is 1.35. The Balaban J connectivity index is 2.41. The van der Waals surface area contributed by atoms with Gasteiger partial charge in [-0.1, -0.05) is 18.2 Å². The second-order valence-electron chi connectivity index (χ2n) is 4.65. The molecule has 0 fully saturated rings. The number of nitrogens with one attached hydrogen (secondary N) is 1. The molecule has 1 aromatic carbocycles. The van der Waals surface area contributed by atoms with Crippen LogP contribution in [-0.2, 0) is 7.05 Å². The lowest BCUT2D eigenvalue weighted by Crippen LogP contribution is -1.95. The molecule has 0 aliphatic rings. The van der Waals surface area contributed by atoms with Gasteiger partial charge in [-0.25, -0.2) is 0 Å². The van der Waals surface area contributed by atoms with Crippen LogP contribution >= 0.6 is 0 Å². The third-order valence-electron chi connectivity index (χ3n) is 3.45. The second-order valence-corrected chi connectivity index (χ2v) is 4.65. The number of fused-ring (bicyclic) bond motifs is 1. The largest absolute Gasteiger partial charge is 0.382 e. The van der Waals surface area contributed by atoms with E-state index in [4.69, 9.17) is 5.73 Å². The summed E-state index contributed by atoms with van der Waals surface area (Å²) in [5.41, 5.74) is 11.5. The summed E-state index contributed by atoms with van der Waals surface area (Å²) in [7, 11) is 1.93. The van der Waals surface area contributed by atoms with Crippen LogP contribution in [0.3, 0.4) is 0 Å². The van der Waals surface area contributed by atoms with Gasteiger partial charge in [0, 0.05) is 34.8 Å². The van der Waals surface area contributed by atoms with Crippen molar-refractivity contribution >= 4 is 16.7 Å². The number of nitrogen functional groups attached to an aromatic ring is 1. The first-order chi connectivity index (χ1) is 8.59. The van der Waals surface area contributed by atoms with Gasteiger partial charge in [-0.05, 0) is 19.9 Å². The number of benzene rings is 1. The highest BCUT2D eigenvalue weighted by Gasteiger charge is 2.18. The van der Waals surface area contributed by atoms with Crippen LogP contribution in [0.5, 0.6) is 0 Å². The van der Waals surface area contributed by atoms with Gasteiger partial charge in [0.15, 0.2) is 0 Å². The fourth-order valence-electron chi connectivity index (χ4n) is 2.58. The van der Waals surface area contributed by atoms with E-state index in [1.807, 2.05) is 30.8 Å². The van der Waals surface area contributed by atoms with Gasteiger partial charge in [-0.2, -0.15) is 5.10 Å². The molecule has 3 rings (SSSR count). The molecule has 4 heteroatoms. The summed E-state index contributed by atoms with van der Waals surface area (Å²) < 4.78 is 1.85. The lowest BCUT2D eigenvalue weighted by molar-refractivity contribution is 0.780. The van der Waals surface area contributed by atoms with E-state index in [1.54, 1.807) is 0 Å². The molecule has 0 aliphatic carbocycles. The van der Waals surface area contributed by atoms with Crippen molar-refractivity contribution in [3.63, 3.8) is 0 Å². The molecule has 92 valence electrons. The van der Waals surface area contributed by atoms with Gasteiger partial charge in [-0.15, -0.1) is 0 Å². The van der Waals surface area contributed by atoms with Crippen LogP contribution in [0.1, 0.15) is 11.3 Å². The highest BCUT2D eigenvalue weighted by Crippen LogP contribution is 2.35. The van der Waals surface area contributed by atoms with Gasteiger partial charge in [0.2, 0.25) is 0 Å². The Morgan fingerprint density at radius 3 is 2.61 bits per heavy atom. The zero-order chi connectivity index (χ0) is 12.9. The lowest BCUT2D eigenvalue weighted by Gasteiger charge is -2.04. The summed E-state index contributed by atoms with van der Waals surface area (Å²) in [4.78, 5) is 3.41. The second kappa shape index (κ2) is 3.63. The van der Waals surface area contributed by atoms with Gasteiger partial charge < -0.3 is 10.7 Å². The Morgan fingerprint density at radius 1 is 1.22 bits per heavy atom. The molecule has 0 saturated carbocycles. The monoisotopic (exact) mass is 240 g/mol. The van der Waals surface area contributed by atoms with Crippen molar-refractivity contribution in [2.75, 3.05) is 5.73 Å². The van der Waals surface area contributed by atoms with Gasteiger partial charge in [0.25, 0.3) is 0 Å². The molecule has 18 heavy (non-hydrogen) atoms. The molecule has 0 atom stereocenters. The minimum atomic E-state index is 0.595. The van der Waals surface area contributed by atoms with Crippen molar-refractivity contribution in [1.82, 2.24) is 14.8 Å². The summed E-state index contributed by atoms with van der Waals surface area (Å²) in [6.45, 7) is 4.09. The molecule has 0 unspecified atom stereocenters. The molecule has 0 spiro atoms. The number of anilines is 1. The molecule has 0 amide bonds. The zero-order valence-corrected chi connectivity index (χ0v) is 10.8. The highest BCUT2D eigenvalue weighted by molar-refractivity contribution is 5.97. The van der Waals surface area contributed by atoms with Gasteiger partial charge in [0.05, 0.1) is 5.69 Å². The van der Waals surface area contributed by atoms with E-state index in [1.165, 1.54) is 10.9 Å². The molecule has 0 aliphatic heterocycles. The average Bonchev–Trinajstić information content (AvgIpc) is 2.77. The number of nitrogens with two attached hydrogens (primary N) is 1. The van der Waals surface area contributed by atoms with Crippen molar-refractivity contribution in [3.05, 3.63) is 35.5 Å². The van der Waals surface area contributed by atoms with Crippen LogP contribution in [0, 0.1) is 13.8 Å². The number of hydrogen-bond donors (Lipinski definition) is 2. The van der Waals surface area contributed by atoms with E-state index < -0.39 is 0 Å². The maximum absolute atomic E-state index is 5.90. The van der Waals surface area contributed by atoms with Crippen molar-refractivity contribution in [3.8, 4) is 11.3 Å². The fourth-order valence-corrected chi connectivity index (χ4v) is 2.58. The summed E-state index contributed by atoms with van der Waals surface area (Å²) in [6, 6.07) is 8.29. The van der Waals surface area contributed by atoms with E-state index in [0.29, 0.717) is 5.82 Å². The number of aromatic amines is 1.